The second-order valence-corrected chi connectivity index (χ2v) is 5.70. The van der Waals surface area contributed by atoms with E-state index in [-0.39, 0.29) is 11.6 Å². The average Bonchev–Trinajstić information content (AvgIpc) is 2.42. The van der Waals surface area contributed by atoms with Crippen LogP contribution in [0.1, 0.15) is 37.7 Å². The molecule has 1 aliphatic rings. The van der Waals surface area contributed by atoms with Crippen LogP contribution in [0.25, 0.3) is 0 Å². The van der Waals surface area contributed by atoms with Crippen LogP contribution >= 0.6 is 11.6 Å². The first-order chi connectivity index (χ1) is 8.66. The van der Waals surface area contributed by atoms with Crippen LogP contribution in [0, 0.1) is 0 Å². The van der Waals surface area contributed by atoms with Gasteiger partial charge in [0.1, 0.15) is 0 Å². The van der Waals surface area contributed by atoms with Crippen molar-refractivity contribution in [1.29, 1.82) is 0 Å². The molecule has 1 unspecified atom stereocenters. The molecule has 1 atom stereocenters. The molecule has 0 bridgehead atoms. The van der Waals surface area contributed by atoms with Crippen LogP contribution < -0.4 is 5.73 Å². The third-order valence-electron chi connectivity index (χ3n) is 4.15. The van der Waals surface area contributed by atoms with Crippen molar-refractivity contribution in [1.82, 2.24) is 0 Å². The minimum atomic E-state index is -0.127. The molecule has 0 radical (unpaired) electrons. The molecule has 100 valence electrons. The third-order valence-corrected chi connectivity index (χ3v) is 4.40. The first-order valence-electron chi connectivity index (χ1n) is 6.71. The predicted molar refractivity (Wildman–Crippen MR) is 76.0 cm³/mol. The molecular formula is C15H22ClNO. The van der Waals surface area contributed by atoms with Crippen molar-refractivity contribution < 1.29 is 4.74 Å². The predicted octanol–water partition coefficient (Wildman–Crippen LogP) is 3.56. The second kappa shape index (κ2) is 6.05. The van der Waals surface area contributed by atoms with Crippen molar-refractivity contribution in [2.45, 2.75) is 50.2 Å². The van der Waals surface area contributed by atoms with E-state index in [2.05, 4.69) is 0 Å². The quantitative estimate of drug-likeness (QED) is 0.905. The minimum absolute atomic E-state index is 0.0592. The van der Waals surface area contributed by atoms with Crippen molar-refractivity contribution in [2.75, 3.05) is 7.11 Å². The molecule has 1 aliphatic carbocycles. The number of nitrogens with two attached hydrogens (primary N) is 1. The molecule has 1 fully saturated rings. The van der Waals surface area contributed by atoms with Gasteiger partial charge in [-0.1, -0.05) is 43.0 Å². The van der Waals surface area contributed by atoms with Gasteiger partial charge in [0.15, 0.2) is 0 Å². The largest absolute Gasteiger partial charge is 0.377 e. The van der Waals surface area contributed by atoms with Crippen LogP contribution in [0.5, 0.6) is 0 Å². The van der Waals surface area contributed by atoms with Crippen molar-refractivity contribution in [3.63, 3.8) is 0 Å². The summed E-state index contributed by atoms with van der Waals surface area (Å²) in [6.07, 6.45) is 6.77. The highest BCUT2D eigenvalue weighted by Gasteiger charge is 2.37. The summed E-state index contributed by atoms with van der Waals surface area (Å²) in [5, 5.41) is 0.770. The Hall–Kier alpha value is -0.570. The lowest BCUT2D eigenvalue weighted by Crippen LogP contribution is -2.51. The monoisotopic (exact) mass is 267 g/mol. The van der Waals surface area contributed by atoms with E-state index >= 15 is 0 Å². The van der Waals surface area contributed by atoms with E-state index < -0.39 is 0 Å². The molecule has 0 amide bonds. The molecule has 0 saturated heterocycles. The first-order valence-corrected chi connectivity index (χ1v) is 7.09. The van der Waals surface area contributed by atoms with Gasteiger partial charge in [-0.25, -0.2) is 0 Å². The van der Waals surface area contributed by atoms with Gasteiger partial charge in [0.05, 0.1) is 5.60 Å². The standard InChI is InChI=1S/C15H22ClNO/c1-18-15(9-3-2-4-10-15)14(17)11-12-5-7-13(16)8-6-12/h5-8,14H,2-4,9-11,17H2,1H3. The number of methoxy groups -OCH3 is 1. The van der Waals surface area contributed by atoms with Gasteiger partial charge < -0.3 is 10.5 Å². The molecule has 2 nitrogen and oxygen atoms in total. The van der Waals surface area contributed by atoms with Gasteiger partial charge in [-0.2, -0.15) is 0 Å². The van der Waals surface area contributed by atoms with Crippen LogP contribution in [0.4, 0.5) is 0 Å². The highest BCUT2D eigenvalue weighted by Crippen LogP contribution is 2.34. The molecule has 1 saturated carbocycles. The van der Waals surface area contributed by atoms with Crippen LogP contribution in [-0.4, -0.2) is 18.8 Å². The summed E-state index contributed by atoms with van der Waals surface area (Å²) >= 11 is 5.90. The van der Waals surface area contributed by atoms with Gasteiger partial charge in [-0.15, -0.1) is 0 Å². The molecular weight excluding hydrogens is 246 g/mol. The fourth-order valence-corrected chi connectivity index (χ4v) is 3.06. The summed E-state index contributed by atoms with van der Waals surface area (Å²) in [7, 11) is 1.80. The van der Waals surface area contributed by atoms with Crippen LogP contribution in [0.3, 0.4) is 0 Å². The number of hydrogen-bond acceptors (Lipinski definition) is 2. The topological polar surface area (TPSA) is 35.2 Å². The number of ether oxygens (including phenoxy) is 1. The van der Waals surface area contributed by atoms with E-state index in [1.54, 1.807) is 7.11 Å². The van der Waals surface area contributed by atoms with Crippen LogP contribution in [-0.2, 0) is 11.2 Å². The lowest BCUT2D eigenvalue weighted by molar-refractivity contribution is -0.0582. The Morgan fingerprint density at radius 1 is 1.22 bits per heavy atom. The van der Waals surface area contributed by atoms with Gasteiger partial charge in [-0.05, 0) is 37.0 Å². The molecule has 0 heterocycles. The Balaban J connectivity index is 2.05. The fourth-order valence-electron chi connectivity index (χ4n) is 2.94. The summed E-state index contributed by atoms with van der Waals surface area (Å²) in [5.41, 5.74) is 7.51. The zero-order valence-corrected chi connectivity index (χ0v) is 11.7. The average molecular weight is 268 g/mol. The fraction of sp³-hybridized carbons (Fsp3) is 0.600. The summed E-state index contributed by atoms with van der Waals surface area (Å²) < 4.78 is 5.79. The van der Waals surface area contributed by atoms with Gasteiger partial charge in [-0.3, -0.25) is 0 Å². The zero-order chi connectivity index (χ0) is 13.0. The van der Waals surface area contributed by atoms with Crippen molar-refractivity contribution >= 4 is 11.6 Å². The minimum Gasteiger partial charge on any atom is -0.377 e. The maximum atomic E-state index is 6.41. The Kier molecular flexibility index (Phi) is 4.66. The third kappa shape index (κ3) is 3.05. The molecule has 2 rings (SSSR count). The maximum Gasteiger partial charge on any atom is 0.0832 e. The van der Waals surface area contributed by atoms with Crippen molar-refractivity contribution in [3.05, 3.63) is 34.9 Å². The summed E-state index contributed by atoms with van der Waals surface area (Å²) in [4.78, 5) is 0. The smallest absolute Gasteiger partial charge is 0.0832 e. The number of rotatable bonds is 4. The summed E-state index contributed by atoms with van der Waals surface area (Å²) in [5.74, 6) is 0. The maximum absolute atomic E-state index is 6.41. The Bertz CT molecular complexity index is 371. The number of benzene rings is 1. The molecule has 0 spiro atoms. The van der Waals surface area contributed by atoms with Crippen molar-refractivity contribution in [2.24, 2.45) is 5.73 Å². The summed E-state index contributed by atoms with van der Waals surface area (Å²) in [6, 6.07) is 8.00. The molecule has 0 aromatic heterocycles. The van der Waals surface area contributed by atoms with Crippen molar-refractivity contribution in [3.8, 4) is 0 Å². The lowest BCUT2D eigenvalue weighted by atomic mass is 9.77. The van der Waals surface area contributed by atoms with Gasteiger partial charge in [0.2, 0.25) is 0 Å². The normalized spacial score (nSPS) is 20.6. The van der Waals surface area contributed by atoms with E-state index in [0.29, 0.717) is 0 Å². The molecule has 18 heavy (non-hydrogen) atoms. The van der Waals surface area contributed by atoms with Gasteiger partial charge in [0, 0.05) is 18.2 Å². The molecule has 1 aromatic carbocycles. The first kappa shape index (κ1) is 13.9. The Labute approximate surface area is 114 Å². The van der Waals surface area contributed by atoms with E-state index in [4.69, 9.17) is 22.1 Å². The Morgan fingerprint density at radius 3 is 2.39 bits per heavy atom. The molecule has 1 aromatic rings. The van der Waals surface area contributed by atoms with E-state index in [1.165, 1.54) is 24.8 Å². The second-order valence-electron chi connectivity index (χ2n) is 5.27. The lowest BCUT2D eigenvalue weighted by Gasteiger charge is -2.41. The highest BCUT2D eigenvalue weighted by atomic mass is 35.5. The molecule has 0 aliphatic heterocycles. The van der Waals surface area contributed by atoms with E-state index in [1.807, 2.05) is 24.3 Å². The molecule has 2 N–H and O–H groups in total. The van der Waals surface area contributed by atoms with Gasteiger partial charge >= 0.3 is 0 Å². The van der Waals surface area contributed by atoms with Gasteiger partial charge in [0.25, 0.3) is 0 Å². The van der Waals surface area contributed by atoms with Crippen LogP contribution in [0.2, 0.25) is 5.02 Å². The SMILES string of the molecule is COC1(C(N)Cc2ccc(Cl)cc2)CCCCC1. The van der Waals surface area contributed by atoms with Crippen LogP contribution in [0.15, 0.2) is 24.3 Å². The zero-order valence-electron chi connectivity index (χ0n) is 11.0. The number of halogens is 1. The van der Waals surface area contributed by atoms with E-state index in [0.717, 1.165) is 24.3 Å². The Morgan fingerprint density at radius 2 is 1.83 bits per heavy atom. The number of hydrogen-bond donors (Lipinski definition) is 1. The highest BCUT2D eigenvalue weighted by molar-refractivity contribution is 6.30. The van der Waals surface area contributed by atoms with E-state index in [9.17, 15) is 0 Å². The molecule has 3 heteroatoms. The summed E-state index contributed by atoms with van der Waals surface area (Å²) in [6.45, 7) is 0.